The van der Waals surface area contributed by atoms with Crippen molar-refractivity contribution in [3.05, 3.63) is 69.8 Å². The first kappa shape index (κ1) is 26.4. The number of nitriles is 1. The van der Waals surface area contributed by atoms with Crippen LogP contribution in [0.4, 0.5) is 0 Å². The maximum Gasteiger partial charge on any atom is 0.373 e. The molecule has 0 saturated carbocycles. The highest BCUT2D eigenvalue weighted by atomic mass is 16.2. The molecule has 0 aliphatic rings. The summed E-state index contributed by atoms with van der Waals surface area (Å²) in [6.45, 7) is 4.12. The summed E-state index contributed by atoms with van der Waals surface area (Å²) in [6, 6.07) is 14.7. The van der Waals surface area contributed by atoms with Gasteiger partial charge >= 0.3 is 6.15 Å². The van der Waals surface area contributed by atoms with Crippen LogP contribution in [-0.2, 0) is 20.8 Å². The molecule has 1 heterocycles. The molecular formula is C27H29N3O4. The number of benzene rings is 2. The maximum atomic E-state index is 13.3. The minimum atomic E-state index is -0.111. The van der Waals surface area contributed by atoms with Gasteiger partial charge in [-0.2, -0.15) is 14.9 Å². The quantitative estimate of drug-likeness (QED) is 0.401. The zero-order valence-electron chi connectivity index (χ0n) is 19.7. The van der Waals surface area contributed by atoms with Gasteiger partial charge in [-0.3, -0.25) is 14.2 Å². The number of hydrogen-bond donors (Lipinski definition) is 0. The normalized spacial score (nSPS) is 10.1. The van der Waals surface area contributed by atoms with E-state index in [0.717, 1.165) is 37.7 Å². The van der Waals surface area contributed by atoms with Crippen LogP contribution in [0.2, 0.25) is 0 Å². The average molecular weight is 460 g/mol. The van der Waals surface area contributed by atoms with Gasteiger partial charge in [0.1, 0.15) is 11.6 Å². The van der Waals surface area contributed by atoms with E-state index < -0.39 is 0 Å². The van der Waals surface area contributed by atoms with Crippen LogP contribution >= 0.6 is 0 Å². The second-order valence-electron chi connectivity index (χ2n) is 8.13. The zero-order valence-corrected chi connectivity index (χ0v) is 19.7. The third-order valence-electron chi connectivity index (χ3n) is 5.51. The van der Waals surface area contributed by atoms with Crippen LogP contribution in [0.1, 0.15) is 68.8 Å². The standard InChI is InChI=1S/C26H29N3O2.CO2/c1-3-4-5-8-22(30)9-6-7-10-25-28-24-17-19(2)11-16-23(24)26(31)29(25)21-14-12-20(18-27)13-15-21;2-1-3/h11-17H,3-10H2,1-2H3;. The molecule has 0 aliphatic carbocycles. The Morgan fingerprint density at radius 3 is 2.26 bits per heavy atom. The number of nitrogens with zero attached hydrogens (tertiary/aromatic N) is 3. The van der Waals surface area contributed by atoms with E-state index in [9.17, 15) is 9.59 Å². The summed E-state index contributed by atoms with van der Waals surface area (Å²) >= 11 is 0. The lowest BCUT2D eigenvalue weighted by Crippen LogP contribution is -2.24. The third-order valence-corrected chi connectivity index (χ3v) is 5.51. The summed E-state index contributed by atoms with van der Waals surface area (Å²) in [5.74, 6) is 1.01. The molecule has 0 N–H and O–H groups in total. The van der Waals surface area contributed by atoms with Crippen LogP contribution in [0, 0.1) is 18.3 Å². The fourth-order valence-corrected chi connectivity index (χ4v) is 3.76. The topological polar surface area (TPSA) is 110 Å². The molecule has 0 atom stereocenters. The largest absolute Gasteiger partial charge is 0.373 e. The number of fused-ring (bicyclic) bond motifs is 1. The van der Waals surface area contributed by atoms with E-state index in [1.807, 2.05) is 25.1 Å². The molecule has 3 aromatic rings. The Kier molecular flexibility index (Phi) is 10.6. The molecule has 0 spiro atoms. The Bertz CT molecular complexity index is 1250. The summed E-state index contributed by atoms with van der Waals surface area (Å²) in [6.07, 6.45) is 6.88. The van der Waals surface area contributed by atoms with Crippen molar-refractivity contribution in [2.24, 2.45) is 0 Å². The van der Waals surface area contributed by atoms with Crippen molar-refractivity contribution in [3.8, 4) is 11.8 Å². The van der Waals surface area contributed by atoms with Gasteiger partial charge in [0.05, 0.1) is 28.2 Å². The summed E-state index contributed by atoms with van der Waals surface area (Å²) in [5, 5.41) is 9.65. The SMILES string of the molecule is CCCCCC(=O)CCCCc1nc2cc(C)ccc2c(=O)n1-c1ccc(C#N)cc1.O=C=O. The van der Waals surface area contributed by atoms with Crippen molar-refractivity contribution in [2.75, 3.05) is 0 Å². The molecule has 0 aliphatic heterocycles. The minimum absolute atomic E-state index is 0.111. The number of carbonyl (C=O) groups is 1. The van der Waals surface area contributed by atoms with Gasteiger partial charge in [0.15, 0.2) is 0 Å². The molecule has 0 radical (unpaired) electrons. The number of unbranched alkanes of at least 4 members (excludes halogenated alkanes) is 3. The Morgan fingerprint density at radius 2 is 1.65 bits per heavy atom. The summed E-state index contributed by atoms with van der Waals surface area (Å²) < 4.78 is 1.64. The van der Waals surface area contributed by atoms with Crippen molar-refractivity contribution in [1.82, 2.24) is 9.55 Å². The van der Waals surface area contributed by atoms with Crippen molar-refractivity contribution in [2.45, 2.75) is 65.2 Å². The Hall–Kier alpha value is -3.88. The highest BCUT2D eigenvalue weighted by molar-refractivity contribution is 5.79. The highest BCUT2D eigenvalue weighted by Crippen LogP contribution is 2.17. The van der Waals surface area contributed by atoms with Gasteiger partial charge in [0.2, 0.25) is 0 Å². The predicted molar refractivity (Wildman–Crippen MR) is 129 cm³/mol. The van der Waals surface area contributed by atoms with Gasteiger partial charge < -0.3 is 0 Å². The van der Waals surface area contributed by atoms with E-state index in [4.69, 9.17) is 19.8 Å². The molecule has 3 rings (SSSR count). The lowest BCUT2D eigenvalue weighted by Gasteiger charge is -2.14. The van der Waals surface area contributed by atoms with Crippen LogP contribution < -0.4 is 5.56 Å². The van der Waals surface area contributed by atoms with E-state index in [-0.39, 0.29) is 11.7 Å². The molecule has 34 heavy (non-hydrogen) atoms. The molecule has 7 heteroatoms. The van der Waals surface area contributed by atoms with Gasteiger partial charge in [-0.1, -0.05) is 25.8 Å². The van der Waals surface area contributed by atoms with E-state index >= 15 is 0 Å². The van der Waals surface area contributed by atoms with Crippen LogP contribution in [0.5, 0.6) is 0 Å². The van der Waals surface area contributed by atoms with Crippen LogP contribution in [-0.4, -0.2) is 21.5 Å². The first-order chi connectivity index (χ1) is 16.4. The summed E-state index contributed by atoms with van der Waals surface area (Å²) in [7, 11) is 0. The first-order valence-electron chi connectivity index (χ1n) is 11.5. The molecule has 0 unspecified atom stereocenters. The Morgan fingerprint density at radius 1 is 1.00 bits per heavy atom. The van der Waals surface area contributed by atoms with Crippen molar-refractivity contribution >= 4 is 22.8 Å². The molecule has 176 valence electrons. The van der Waals surface area contributed by atoms with E-state index in [1.165, 1.54) is 0 Å². The van der Waals surface area contributed by atoms with Crippen LogP contribution in [0.15, 0.2) is 47.3 Å². The van der Waals surface area contributed by atoms with Gasteiger partial charge in [-0.25, -0.2) is 4.98 Å². The third kappa shape index (κ3) is 7.33. The first-order valence-corrected chi connectivity index (χ1v) is 11.5. The van der Waals surface area contributed by atoms with Gasteiger partial charge in [-0.15, -0.1) is 0 Å². The zero-order chi connectivity index (χ0) is 24.9. The Labute approximate surface area is 199 Å². The fraction of sp³-hybridized carbons (Fsp3) is 0.370. The molecular weight excluding hydrogens is 430 g/mol. The second kappa shape index (κ2) is 13.6. The lowest BCUT2D eigenvalue weighted by atomic mass is 10.1. The number of rotatable bonds is 10. The molecule has 0 saturated heterocycles. The lowest BCUT2D eigenvalue weighted by molar-refractivity contribution is -0.191. The number of carbonyl (C=O) groups excluding carboxylic acids is 3. The van der Waals surface area contributed by atoms with Crippen LogP contribution in [0.25, 0.3) is 16.6 Å². The number of Topliss-reactive ketones (excluding diaryl/α,β-unsaturated/α-hetero) is 1. The number of aromatic nitrogens is 2. The molecule has 7 nitrogen and oxygen atoms in total. The van der Waals surface area contributed by atoms with Crippen molar-refractivity contribution < 1.29 is 14.4 Å². The molecule has 1 aromatic heterocycles. The number of hydrogen-bond acceptors (Lipinski definition) is 6. The maximum absolute atomic E-state index is 13.3. The second-order valence-corrected chi connectivity index (χ2v) is 8.13. The van der Waals surface area contributed by atoms with Crippen molar-refractivity contribution in [3.63, 3.8) is 0 Å². The van der Waals surface area contributed by atoms with Crippen molar-refractivity contribution in [1.29, 1.82) is 5.26 Å². The molecule has 0 bridgehead atoms. The number of ketones is 1. The highest BCUT2D eigenvalue weighted by Gasteiger charge is 2.13. The minimum Gasteiger partial charge on any atom is -0.300 e. The smallest absolute Gasteiger partial charge is 0.300 e. The van der Waals surface area contributed by atoms with E-state index in [1.54, 1.807) is 28.8 Å². The van der Waals surface area contributed by atoms with Crippen LogP contribution in [0.3, 0.4) is 0 Å². The molecule has 2 aromatic carbocycles. The average Bonchev–Trinajstić information content (AvgIpc) is 2.82. The van der Waals surface area contributed by atoms with Gasteiger partial charge in [0.25, 0.3) is 5.56 Å². The summed E-state index contributed by atoms with van der Waals surface area (Å²) in [4.78, 5) is 46.4. The molecule has 0 fully saturated rings. The molecule has 0 amide bonds. The van der Waals surface area contributed by atoms with E-state index in [0.29, 0.717) is 53.0 Å². The van der Waals surface area contributed by atoms with E-state index in [2.05, 4.69) is 13.0 Å². The number of aryl methyl sites for hydroxylation is 2. The summed E-state index contributed by atoms with van der Waals surface area (Å²) in [5.41, 5.74) is 2.88. The fourth-order valence-electron chi connectivity index (χ4n) is 3.76. The Balaban J connectivity index is 0.00000129. The van der Waals surface area contributed by atoms with Gasteiger partial charge in [-0.05, 0) is 68.1 Å². The van der Waals surface area contributed by atoms with Gasteiger partial charge in [0, 0.05) is 19.3 Å². The monoisotopic (exact) mass is 459 g/mol. The predicted octanol–water partition coefficient (Wildman–Crippen LogP) is 4.84.